The van der Waals surface area contributed by atoms with Gasteiger partial charge in [-0.2, -0.15) is 0 Å². The molecule has 3 fully saturated rings. The number of rotatable bonds is 3. The van der Waals surface area contributed by atoms with E-state index in [0.717, 1.165) is 32.0 Å². The first-order valence-corrected chi connectivity index (χ1v) is 6.91. The number of aliphatic carboxylic acids is 1. The summed E-state index contributed by atoms with van der Waals surface area (Å²) in [5.41, 5.74) is 0. The van der Waals surface area contributed by atoms with Gasteiger partial charge in [0.2, 0.25) is 5.91 Å². The minimum Gasteiger partial charge on any atom is -0.481 e. The molecule has 2 saturated heterocycles. The molecule has 1 saturated carbocycles. The first-order chi connectivity index (χ1) is 8.65. The van der Waals surface area contributed by atoms with Gasteiger partial charge in [-0.15, -0.1) is 0 Å². The maximum atomic E-state index is 11.9. The van der Waals surface area contributed by atoms with Crippen LogP contribution in [0.15, 0.2) is 0 Å². The second-order valence-corrected chi connectivity index (χ2v) is 5.78. The Bertz CT molecular complexity index is 359. The fraction of sp³-hybridized carbons (Fsp3) is 0.846. The predicted molar refractivity (Wildman–Crippen MR) is 65.1 cm³/mol. The molecule has 1 amide bonds. The lowest BCUT2D eigenvalue weighted by Gasteiger charge is -2.36. The van der Waals surface area contributed by atoms with E-state index in [1.165, 1.54) is 12.8 Å². The predicted octanol–water partition coefficient (Wildman–Crippen LogP) is 0.546. The number of hydrogen-bond donors (Lipinski definition) is 1. The van der Waals surface area contributed by atoms with Gasteiger partial charge in [-0.3, -0.25) is 9.59 Å². The number of nitrogens with zero attached hydrogens (tertiary/aromatic N) is 2. The van der Waals surface area contributed by atoms with E-state index in [1.54, 1.807) is 0 Å². The van der Waals surface area contributed by atoms with Crippen LogP contribution in [0.5, 0.6) is 0 Å². The number of amides is 1. The fourth-order valence-corrected chi connectivity index (χ4v) is 3.25. The normalized spacial score (nSPS) is 31.0. The molecule has 5 heteroatoms. The summed E-state index contributed by atoms with van der Waals surface area (Å²) in [5, 5.41) is 8.98. The van der Waals surface area contributed by atoms with Gasteiger partial charge < -0.3 is 14.9 Å². The Hall–Kier alpha value is -1.10. The summed E-state index contributed by atoms with van der Waals surface area (Å²) in [6.45, 7) is 2.55. The molecule has 0 aromatic carbocycles. The number of piperidine rings is 1. The van der Waals surface area contributed by atoms with Crippen LogP contribution in [0.3, 0.4) is 0 Å². The molecule has 0 radical (unpaired) electrons. The highest BCUT2D eigenvalue weighted by atomic mass is 16.4. The van der Waals surface area contributed by atoms with Crippen LogP contribution in [0.2, 0.25) is 0 Å². The highest BCUT2D eigenvalue weighted by Gasteiger charge is 2.40. The van der Waals surface area contributed by atoms with Crippen molar-refractivity contribution in [2.24, 2.45) is 5.92 Å². The van der Waals surface area contributed by atoms with Crippen LogP contribution in [0, 0.1) is 5.92 Å². The van der Waals surface area contributed by atoms with Gasteiger partial charge in [-0.1, -0.05) is 0 Å². The Kier molecular flexibility index (Phi) is 3.01. The highest BCUT2D eigenvalue weighted by Crippen LogP contribution is 2.32. The molecule has 1 atom stereocenters. The first-order valence-electron chi connectivity index (χ1n) is 6.91. The van der Waals surface area contributed by atoms with Crippen molar-refractivity contribution in [3.8, 4) is 0 Å². The van der Waals surface area contributed by atoms with Crippen LogP contribution in [-0.2, 0) is 9.59 Å². The van der Waals surface area contributed by atoms with Crippen LogP contribution in [0.4, 0.5) is 0 Å². The van der Waals surface area contributed by atoms with E-state index in [4.69, 9.17) is 5.11 Å². The second-order valence-electron chi connectivity index (χ2n) is 5.78. The number of carbonyl (C=O) groups excluding carboxylic acids is 1. The van der Waals surface area contributed by atoms with Crippen molar-refractivity contribution in [1.82, 2.24) is 9.80 Å². The lowest BCUT2D eigenvalue weighted by molar-refractivity contribution is -0.141. The molecular formula is C13H20N2O3. The Balaban J connectivity index is 1.55. The Morgan fingerprint density at radius 2 is 1.78 bits per heavy atom. The lowest BCUT2D eigenvalue weighted by atomic mass is 10.0. The van der Waals surface area contributed by atoms with Crippen molar-refractivity contribution in [3.63, 3.8) is 0 Å². The Labute approximate surface area is 107 Å². The molecule has 1 N–H and O–H groups in total. The molecule has 5 nitrogen and oxygen atoms in total. The molecule has 3 aliphatic rings. The minimum absolute atomic E-state index is 0.0345. The molecule has 0 aromatic heterocycles. The first kappa shape index (κ1) is 12.0. The van der Waals surface area contributed by atoms with E-state index >= 15 is 0 Å². The molecular weight excluding hydrogens is 232 g/mol. The topological polar surface area (TPSA) is 60.9 Å². The molecule has 100 valence electrons. The van der Waals surface area contributed by atoms with E-state index in [9.17, 15) is 9.59 Å². The number of carbonyl (C=O) groups is 2. The number of likely N-dealkylation sites (tertiary alicyclic amines) is 2. The van der Waals surface area contributed by atoms with Crippen LogP contribution in [0.25, 0.3) is 0 Å². The molecule has 0 bridgehead atoms. The number of carboxylic acid groups (broad SMARTS) is 1. The molecule has 0 spiro atoms. The van der Waals surface area contributed by atoms with Gasteiger partial charge in [0, 0.05) is 38.1 Å². The quantitative estimate of drug-likeness (QED) is 0.796. The van der Waals surface area contributed by atoms with Gasteiger partial charge in [-0.05, 0) is 25.7 Å². The van der Waals surface area contributed by atoms with E-state index in [1.807, 2.05) is 4.90 Å². The molecule has 18 heavy (non-hydrogen) atoms. The van der Waals surface area contributed by atoms with E-state index in [0.29, 0.717) is 6.54 Å². The van der Waals surface area contributed by atoms with Crippen LogP contribution in [0.1, 0.15) is 32.1 Å². The zero-order valence-corrected chi connectivity index (χ0v) is 10.5. The molecule has 2 aliphatic heterocycles. The zero-order valence-electron chi connectivity index (χ0n) is 10.5. The monoisotopic (exact) mass is 252 g/mol. The van der Waals surface area contributed by atoms with Crippen molar-refractivity contribution >= 4 is 11.9 Å². The smallest absolute Gasteiger partial charge is 0.308 e. The number of carboxylic acids is 1. The minimum atomic E-state index is -0.832. The van der Waals surface area contributed by atoms with Crippen LogP contribution in [-0.4, -0.2) is 58.5 Å². The van der Waals surface area contributed by atoms with Crippen LogP contribution >= 0.6 is 0 Å². The summed E-state index contributed by atoms with van der Waals surface area (Å²) in [6.07, 6.45) is 4.87. The Morgan fingerprint density at radius 3 is 2.28 bits per heavy atom. The Morgan fingerprint density at radius 1 is 1.11 bits per heavy atom. The van der Waals surface area contributed by atoms with E-state index in [2.05, 4.69) is 4.90 Å². The zero-order chi connectivity index (χ0) is 12.7. The third-order valence-electron chi connectivity index (χ3n) is 4.51. The average molecular weight is 252 g/mol. The molecule has 2 heterocycles. The van der Waals surface area contributed by atoms with Crippen molar-refractivity contribution in [1.29, 1.82) is 0 Å². The van der Waals surface area contributed by atoms with E-state index < -0.39 is 11.9 Å². The lowest BCUT2D eigenvalue weighted by Crippen LogP contribution is -2.46. The van der Waals surface area contributed by atoms with Crippen molar-refractivity contribution in [3.05, 3.63) is 0 Å². The summed E-state index contributed by atoms with van der Waals surface area (Å²) in [5.74, 6) is -1.28. The average Bonchev–Trinajstić information content (AvgIpc) is 3.13. The van der Waals surface area contributed by atoms with Gasteiger partial charge in [-0.25, -0.2) is 0 Å². The molecule has 0 aromatic rings. The maximum absolute atomic E-state index is 11.9. The van der Waals surface area contributed by atoms with E-state index in [-0.39, 0.29) is 18.4 Å². The fourth-order valence-electron chi connectivity index (χ4n) is 3.25. The maximum Gasteiger partial charge on any atom is 0.308 e. The standard InChI is InChI=1S/C13H20N2O3/c16-12-7-9(13(17)18)8-15(12)11-3-5-14(6-4-11)10-1-2-10/h9-11H,1-8H2,(H,17,18). The summed E-state index contributed by atoms with van der Waals surface area (Å²) in [6, 6.07) is 1.07. The number of hydrogen-bond acceptors (Lipinski definition) is 3. The molecule has 1 unspecified atom stereocenters. The summed E-state index contributed by atoms with van der Waals surface area (Å²) < 4.78 is 0. The third kappa shape index (κ3) is 2.23. The second kappa shape index (κ2) is 4.53. The van der Waals surface area contributed by atoms with Crippen molar-refractivity contribution < 1.29 is 14.7 Å². The van der Waals surface area contributed by atoms with Crippen molar-refractivity contribution in [2.75, 3.05) is 19.6 Å². The van der Waals surface area contributed by atoms with Gasteiger partial charge in [0.1, 0.15) is 0 Å². The van der Waals surface area contributed by atoms with Gasteiger partial charge in [0.05, 0.1) is 5.92 Å². The summed E-state index contributed by atoms with van der Waals surface area (Å²) >= 11 is 0. The van der Waals surface area contributed by atoms with Crippen molar-refractivity contribution in [2.45, 2.75) is 44.2 Å². The van der Waals surface area contributed by atoms with Gasteiger partial charge >= 0.3 is 5.97 Å². The third-order valence-corrected chi connectivity index (χ3v) is 4.51. The van der Waals surface area contributed by atoms with Gasteiger partial charge in [0.15, 0.2) is 0 Å². The molecule has 1 aliphatic carbocycles. The summed E-state index contributed by atoms with van der Waals surface area (Å²) in [4.78, 5) is 27.1. The molecule has 3 rings (SSSR count). The largest absolute Gasteiger partial charge is 0.481 e. The SMILES string of the molecule is O=C(O)C1CC(=O)N(C2CCN(C3CC3)CC2)C1. The van der Waals surface area contributed by atoms with Crippen LogP contribution < -0.4 is 0 Å². The van der Waals surface area contributed by atoms with Gasteiger partial charge in [0.25, 0.3) is 0 Å². The summed E-state index contributed by atoms with van der Waals surface area (Å²) in [7, 11) is 0. The highest BCUT2D eigenvalue weighted by molar-refractivity contribution is 5.86.